The van der Waals surface area contributed by atoms with Gasteiger partial charge in [0, 0.05) is 24.0 Å². The molecule has 1 aromatic carbocycles. The number of nitrogens with zero attached hydrogens (tertiary/aromatic N) is 3. The molecule has 5 nitrogen and oxygen atoms in total. The average Bonchev–Trinajstić information content (AvgIpc) is 3.37. The summed E-state index contributed by atoms with van der Waals surface area (Å²) in [5, 5.41) is 3.12. The van der Waals surface area contributed by atoms with E-state index in [4.69, 9.17) is 0 Å². The Bertz CT molecular complexity index is 708. The molecule has 3 rings (SSSR count). The highest BCUT2D eigenvalue weighted by Gasteiger charge is 2.35. The maximum absolute atomic E-state index is 12.6. The van der Waals surface area contributed by atoms with Gasteiger partial charge in [0.05, 0.1) is 6.04 Å². The van der Waals surface area contributed by atoms with Crippen LogP contribution in [-0.2, 0) is 6.54 Å². The zero-order valence-corrected chi connectivity index (χ0v) is 14.5. The van der Waals surface area contributed by atoms with E-state index in [1.165, 1.54) is 5.56 Å². The van der Waals surface area contributed by atoms with Crippen molar-refractivity contribution in [3.8, 4) is 0 Å². The third-order valence-electron chi connectivity index (χ3n) is 4.19. The van der Waals surface area contributed by atoms with Crippen LogP contribution in [0.25, 0.3) is 0 Å². The second kappa shape index (κ2) is 7.09. The van der Waals surface area contributed by atoms with Gasteiger partial charge in [-0.15, -0.1) is 0 Å². The van der Waals surface area contributed by atoms with Gasteiger partial charge in [0.1, 0.15) is 0 Å². The zero-order chi connectivity index (χ0) is 17.1. The zero-order valence-electron chi connectivity index (χ0n) is 14.5. The molecule has 0 aliphatic heterocycles. The van der Waals surface area contributed by atoms with Crippen LogP contribution < -0.4 is 5.32 Å². The lowest BCUT2D eigenvalue weighted by molar-refractivity contribution is 0.0929. The van der Waals surface area contributed by atoms with Crippen LogP contribution in [0.2, 0.25) is 0 Å². The lowest BCUT2D eigenvalue weighted by Gasteiger charge is -2.17. The van der Waals surface area contributed by atoms with Crippen molar-refractivity contribution in [3.63, 3.8) is 0 Å². The SMILES string of the molecule is Cc1ccnc([C@@H](NC(=O)c2ccc(CN(C)C)cc2)C2CC2)n1. The molecule has 1 amide bonds. The number of amides is 1. The van der Waals surface area contributed by atoms with E-state index in [9.17, 15) is 4.79 Å². The minimum absolute atomic E-state index is 0.0617. The van der Waals surface area contributed by atoms with Crippen molar-refractivity contribution in [2.45, 2.75) is 32.4 Å². The van der Waals surface area contributed by atoms with Gasteiger partial charge >= 0.3 is 0 Å². The van der Waals surface area contributed by atoms with Gasteiger partial charge in [0.25, 0.3) is 5.91 Å². The highest BCUT2D eigenvalue weighted by atomic mass is 16.1. The van der Waals surface area contributed by atoms with Crippen LogP contribution in [0.1, 0.15) is 46.3 Å². The summed E-state index contributed by atoms with van der Waals surface area (Å²) in [6.07, 6.45) is 3.99. The van der Waals surface area contributed by atoms with Gasteiger partial charge < -0.3 is 10.2 Å². The fraction of sp³-hybridized carbons (Fsp3) is 0.421. The van der Waals surface area contributed by atoms with E-state index in [2.05, 4.69) is 20.2 Å². The number of hydrogen-bond acceptors (Lipinski definition) is 4. The summed E-state index contributed by atoms with van der Waals surface area (Å²) < 4.78 is 0. The van der Waals surface area contributed by atoms with E-state index in [0.29, 0.717) is 11.5 Å². The molecule has 1 saturated carbocycles. The van der Waals surface area contributed by atoms with Crippen LogP contribution >= 0.6 is 0 Å². The van der Waals surface area contributed by atoms with Crippen molar-refractivity contribution in [2.24, 2.45) is 5.92 Å². The van der Waals surface area contributed by atoms with Gasteiger partial charge in [-0.2, -0.15) is 0 Å². The minimum Gasteiger partial charge on any atom is -0.342 e. The van der Waals surface area contributed by atoms with Crippen LogP contribution in [-0.4, -0.2) is 34.9 Å². The van der Waals surface area contributed by atoms with E-state index < -0.39 is 0 Å². The van der Waals surface area contributed by atoms with Crippen molar-refractivity contribution in [2.75, 3.05) is 14.1 Å². The van der Waals surface area contributed by atoms with Gasteiger partial charge in [-0.25, -0.2) is 9.97 Å². The first-order chi connectivity index (χ1) is 11.5. The topological polar surface area (TPSA) is 58.1 Å². The molecule has 0 saturated heterocycles. The first-order valence-corrected chi connectivity index (χ1v) is 8.37. The molecule has 1 N–H and O–H groups in total. The molecule has 1 heterocycles. The van der Waals surface area contributed by atoms with E-state index in [1.807, 2.05) is 51.4 Å². The van der Waals surface area contributed by atoms with Crippen molar-refractivity contribution >= 4 is 5.91 Å². The summed E-state index contributed by atoms with van der Waals surface area (Å²) in [4.78, 5) is 23.6. The number of carbonyl (C=O) groups is 1. The van der Waals surface area contributed by atoms with Crippen molar-refractivity contribution < 1.29 is 4.79 Å². The maximum Gasteiger partial charge on any atom is 0.251 e. The highest BCUT2D eigenvalue weighted by Crippen LogP contribution is 2.40. The van der Waals surface area contributed by atoms with Crippen LogP contribution in [0.3, 0.4) is 0 Å². The fourth-order valence-corrected chi connectivity index (χ4v) is 2.79. The van der Waals surface area contributed by atoms with Gasteiger partial charge in [0.15, 0.2) is 5.82 Å². The number of carbonyl (C=O) groups excluding carboxylic acids is 1. The number of nitrogens with one attached hydrogen (secondary N) is 1. The maximum atomic E-state index is 12.6. The predicted octanol–water partition coefficient (Wildman–Crippen LogP) is 2.73. The molecular weight excluding hydrogens is 300 g/mol. The molecule has 0 bridgehead atoms. The number of aromatic nitrogens is 2. The standard InChI is InChI=1S/C19H24N4O/c1-13-10-11-20-18(21-13)17(15-8-9-15)22-19(24)16-6-4-14(5-7-16)12-23(2)3/h4-7,10-11,15,17H,8-9,12H2,1-3H3,(H,22,24)/t17-/m0/s1. The van der Waals surface area contributed by atoms with Crippen LogP contribution in [0, 0.1) is 12.8 Å². The number of benzene rings is 1. The van der Waals surface area contributed by atoms with E-state index in [1.54, 1.807) is 6.20 Å². The summed E-state index contributed by atoms with van der Waals surface area (Å²) in [6.45, 7) is 2.81. The smallest absolute Gasteiger partial charge is 0.251 e. The largest absolute Gasteiger partial charge is 0.342 e. The molecular formula is C19H24N4O. The van der Waals surface area contributed by atoms with Gasteiger partial charge in [0.2, 0.25) is 0 Å². The van der Waals surface area contributed by atoms with Gasteiger partial charge in [-0.05, 0) is 63.5 Å². The predicted molar refractivity (Wildman–Crippen MR) is 93.5 cm³/mol. The lowest BCUT2D eigenvalue weighted by atomic mass is 10.1. The Morgan fingerprint density at radius 2 is 1.96 bits per heavy atom. The monoisotopic (exact) mass is 324 g/mol. The fourth-order valence-electron chi connectivity index (χ4n) is 2.79. The molecule has 1 aromatic heterocycles. The summed E-state index contributed by atoms with van der Waals surface area (Å²) in [5.41, 5.74) is 2.79. The Kier molecular flexibility index (Phi) is 4.90. The molecule has 0 spiro atoms. The van der Waals surface area contributed by atoms with Gasteiger partial charge in [-0.1, -0.05) is 12.1 Å². The number of hydrogen-bond donors (Lipinski definition) is 1. The van der Waals surface area contributed by atoms with E-state index in [-0.39, 0.29) is 11.9 Å². The second-order valence-electron chi connectivity index (χ2n) is 6.78. The molecule has 2 aromatic rings. The molecule has 1 fully saturated rings. The van der Waals surface area contributed by atoms with E-state index in [0.717, 1.165) is 30.9 Å². The normalized spacial score (nSPS) is 15.3. The second-order valence-corrected chi connectivity index (χ2v) is 6.78. The average molecular weight is 324 g/mol. The summed E-state index contributed by atoms with van der Waals surface area (Å²) in [5.74, 6) is 1.10. The van der Waals surface area contributed by atoms with Crippen LogP contribution in [0.4, 0.5) is 0 Å². The lowest BCUT2D eigenvalue weighted by Crippen LogP contribution is -2.31. The molecule has 24 heavy (non-hydrogen) atoms. The molecule has 0 unspecified atom stereocenters. The van der Waals surface area contributed by atoms with Crippen molar-refractivity contribution in [3.05, 3.63) is 59.2 Å². The molecule has 5 heteroatoms. The Labute approximate surface area is 143 Å². The number of aryl methyl sites for hydroxylation is 1. The summed E-state index contributed by atoms with van der Waals surface area (Å²) in [6, 6.07) is 9.55. The molecule has 1 aliphatic carbocycles. The van der Waals surface area contributed by atoms with Crippen molar-refractivity contribution in [1.29, 1.82) is 0 Å². The first kappa shape index (κ1) is 16.6. The quantitative estimate of drug-likeness (QED) is 0.887. The minimum atomic E-state index is -0.0983. The highest BCUT2D eigenvalue weighted by molar-refractivity contribution is 5.94. The first-order valence-electron chi connectivity index (χ1n) is 8.37. The Morgan fingerprint density at radius 1 is 1.25 bits per heavy atom. The third-order valence-corrected chi connectivity index (χ3v) is 4.19. The third kappa shape index (κ3) is 4.17. The van der Waals surface area contributed by atoms with Crippen LogP contribution in [0.15, 0.2) is 36.5 Å². The van der Waals surface area contributed by atoms with E-state index >= 15 is 0 Å². The van der Waals surface area contributed by atoms with Crippen LogP contribution in [0.5, 0.6) is 0 Å². The number of rotatable bonds is 6. The Balaban J connectivity index is 1.72. The molecule has 1 atom stereocenters. The molecule has 126 valence electrons. The molecule has 0 radical (unpaired) electrons. The van der Waals surface area contributed by atoms with Crippen molar-refractivity contribution in [1.82, 2.24) is 20.2 Å². The summed E-state index contributed by atoms with van der Waals surface area (Å²) >= 11 is 0. The molecule has 1 aliphatic rings. The Hall–Kier alpha value is -2.27. The summed E-state index contributed by atoms with van der Waals surface area (Å²) in [7, 11) is 4.06. The van der Waals surface area contributed by atoms with Gasteiger partial charge in [-0.3, -0.25) is 4.79 Å². The Morgan fingerprint density at radius 3 is 2.54 bits per heavy atom.